The van der Waals surface area contributed by atoms with Gasteiger partial charge in [0, 0.05) is 5.56 Å². The minimum atomic E-state index is -0.543. The van der Waals surface area contributed by atoms with E-state index >= 15 is 0 Å². The van der Waals surface area contributed by atoms with E-state index in [-0.39, 0.29) is 11.4 Å². The van der Waals surface area contributed by atoms with Crippen LogP contribution in [0.15, 0.2) is 24.3 Å². The Morgan fingerprint density at radius 2 is 2.08 bits per heavy atom. The summed E-state index contributed by atoms with van der Waals surface area (Å²) in [5.41, 5.74) is 5.09. The molecule has 4 heteroatoms. The molecular weight excluding hydrogens is 174 g/mol. The minimum Gasteiger partial charge on any atom is -0.384 e. The maximum atomic E-state index is 12.9. The summed E-state index contributed by atoms with van der Waals surface area (Å²) in [6.07, 6.45) is 2.44. The third-order valence-electron chi connectivity index (χ3n) is 1.40. The Balaban J connectivity index is 3.00. The van der Waals surface area contributed by atoms with Gasteiger partial charge < -0.3 is 5.73 Å². The molecule has 0 spiro atoms. The molecule has 0 saturated heterocycles. The Morgan fingerprint density at radius 1 is 1.38 bits per heavy atom. The molecule has 0 aliphatic rings. The highest BCUT2D eigenvalue weighted by atomic mass is 19.1. The molecule has 0 fully saturated rings. The molecule has 1 aromatic rings. The minimum absolute atomic E-state index is 0.0789. The van der Waals surface area contributed by atoms with E-state index in [1.807, 2.05) is 0 Å². The average Bonchev–Trinajstić information content (AvgIpc) is 2.06. The summed E-state index contributed by atoms with van der Waals surface area (Å²) in [6, 6.07) is 3.09. The van der Waals surface area contributed by atoms with Gasteiger partial charge in [-0.1, -0.05) is 0 Å². The standard InChI is InChI=1S/C9H8F2N2/c10-7-2-3-8(11)6(5-7)1-4-9(12)13/h1-5H,(H3,12,13)/b4-1+. The SMILES string of the molecule is N=C(N)/C=C/c1cc(F)ccc1F. The van der Waals surface area contributed by atoms with Gasteiger partial charge in [-0.25, -0.2) is 8.78 Å². The first-order valence-electron chi connectivity index (χ1n) is 3.57. The van der Waals surface area contributed by atoms with E-state index in [0.717, 1.165) is 18.2 Å². The molecule has 0 aliphatic heterocycles. The van der Waals surface area contributed by atoms with Crippen molar-refractivity contribution < 1.29 is 8.78 Å². The van der Waals surface area contributed by atoms with Crippen molar-refractivity contribution in [3.8, 4) is 0 Å². The molecule has 1 rings (SSSR count). The molecular formula is C9H8F2N2. The van der Waals surface area contributed by atoms with Crippen molar-refractivity contribution in [2.75, 3.05) is 0 Å². The Labute approximate surface area is 74.2 Å². The fourth-order valence-electron chi connectivity index (χ4n) is 0.822. The summed E-state index contributed by atoms with van der Waals surface area (Å²) in [5, 5.41) is 6.84. The first-order valence-corrected chi connectivity index (χ1v) is 3.57. The number of nitrogens with one attached hydrogen (secondary N) is 1. The predicted molar refractivity (Wildman–Crippen MR) is 47.3 cm³/mol. The topological polar surface area (TPSA) is 49.9 Å². The molecule has 0 unspecified atom stereocenters. The molecule has 0 atom stereocenters. The smallest absolute Gasteiger partial charge is 0.130 e. The van der Waals surface area contributed by atoms with Crippen LogP contribution in [0.2, 0.25) is 0 Å². The van der Waals surface area contributed by atoms with Gasteiger partial charge in [0.15, 0.2) is 0 Å². The van der Waals surface area contributed by atoms with Crippen molar-refractivity contribution in [1.82, 2.24) is 0 Å². The lowest BCUT2D eigenvalue weighted by Gasteiger charge is -1.95. The number of halogens is 2. The van der Waals surface area contributed by atoms with Gasteiger partial charge in [-0.2, -0.15) is 0 Å². The van der Waals surface area contributed by atoms with Crippen molar-refractivity contribution >= 4 is 11.9 Å². The molecule has 1 aromatic carbocycles. The Morgan fingerprint density at radius 3 is 2.69 bits per heavy atom. The van der Waals surface area contributed by atoms with Crippen LogP contribution in [0.3, 0.4) is 0 Å². The van der Waals surface area contributed by atoms with Crippen molar-refractivity contribution in [1.29, 1.82) is 5.41 Å². The largest absolute Gasteiger partial charge is 0.384 e. The van der Waals surface area contributed by atoms with E-state index in [1.54, 1.807) is 0 Å². The zero-order valence-corrected chi connectivity index (χ0v) is 6.72. The Hall–Kier alpha value is -1.71. The van der Waals surface area contributed by atoms with Crippen LogP contribution in [0.5, 0.6) is 0 Å². The normalized spacial score (nSPS) is 10.6. The van der Waals surface area contributed by atoms with Gasteiger partial charge in [0.1, 0.15) is 17.5 Å². The van der Waals surface area contributed by atoms with Gasteiger partial charge in [0.05, 0.1) is 0 Å². The number of amidine groups is 1. The fraction of sp³-hybridized carbons (Fsp3) is 0. The molecule has 3 N–H and O–H groups in total. The number of hydrogen-bond acceptors (Lipinski definition) is 1. The summed E-state index contributed by atoms with van der Waals surface area (Å²) in [4.78, 5) is 0. The van der Waals surface area contributed by atoms with Crippen LogP contribution in [0.4, 0.5) is 8.78 Å². The molecule has 0 heterocycles. The van der Waals surface area contributed by atoms with Crippen molar-refractivity contribution in [3.63, 3.8) is 0 Å². The van der Waals surface area contributed by atoms with E-state index in [1.165, 1.54) is 12.2 Å². The summed E-state index contributed by atoms with van der Waals surface area (Å²) >= 11 is 0. The van der Waals surface area contributed by atoms with E-state index in [2.05, 4.69) is 0 Å². The van der Waals surface area contributed by atoms with Crippen LogP contribution in [-0.2, 0) is 0 Å². The van der Waals surface area contributed by atoms with Gasteiger partial charge in [-0.05, 0) is 30.4 Å². The third kappa shape index (κ3) is 2.66. The highest BCUT2D eigenvalue weighted by molar-refractivity contribution is 5.92. The lowest BCUT2D eigenvalue weighted by molar-refractivity contribution is 0.598. The van der Waals surface area contributed by atoms with E-state index in [4.69, 9.17) is 11.1 Å². The number of hydrogen-bond donors (Lipinski definition) is 2. The van der Waals surface area contributed by atoms with Crippen molar-refractivity contribution in [2.24, 2.45) is 5.73 Å². The van der Waals surface area contributed by atoms with Crippen LogP contribution < -0.4 is 5.73 Å². The predicted octanol–water partition coefficient (Wildman–Crippen LogP) is 1.91. The Kier molecular flexibility index (Phi) is 2.74. The van der Waals surface area contributed by atoms with Gasteiger partial charge in [-0.15, -0.1) is 0 Å². The van der Waals surface area contributed by atoms with Crippen molar-refractivity contribution in [2.45, 2.75) is 0 Å². The maximum absolute atomic E-state index is 12.9. The van der Waals surface area contributed by atoms with Crippen LogP contribution >= 0.6 is 0 Å². The molecule has 2 nitrogen and oxygen atoms in total. The van der Waals surface area contributed by atoms with Gasteiger partial charge in [0.2, 0.25) is 0 Å². The summed E-state index contributed by atoms with van der Waals surface area (Å²) in [5.74, 6) is -1.27. The fourth-order valence-corrected chi connectivity index (χ4v) is 0.822. The average molecular weight is 182 g/mol. The molecule has 0 radical (unpaired) electrons. The summed E-state index contributed by atoms with van der Waals surface area (Å²) < 4.78 is 25.5. The van der Waals surface area contributed by atoms with Crippen molar-refractivity contribution in [3.05, 3.63) is 41.5 Å². The Bertz CT molecular complexity index is 359. The number of nitrogens with two attached hydrogens (primary N) is 1. The highest BCUT2D eigenvalue weighted by Crippen LogP contribution is 2.10. The molecule has 13 heavy (non-hydrogen) atoms. The third-order valence-corrected chi connectivity index (χ3v) is 1.40. The zero-order chi connectivity index (χ0) is 9.84. The molecule has 0 aromatic heterocycles. The van der Waals surface area contributed by atoms with Crippen LogP contribution in [0.1, 0.15) is 5.56 Å². The van der Waals surface area contributed by atoms with Crippen LogP contribution in [0, 0.1) is 17.0 Å². The summed E-state index contributed by atoms with van der Waals surface area (Å²) in [6.45, 7) is 0. The molecule has 68 valence electrons. The second-order valence-corrected chi connectivity index (χ2v) is 2.45. The maximum Gasteiger partial charge on any atom is 0.130 e. The van der Waals surface area contributed by atoms with Gasteiger partial charge in [0.25, 0.3) is 0 Å². The van der Waals surface area contributed by atoms with Crippen LogP contribution in [0.25, 0.3) is 6.08 Å². The van der Waals surface area contributed by atoms with Gasteiger partial charge in [-0.3, -0.25) is 5.41 Å². The lowest BCUT2D eigenvalue weighted by atomic mass is 10.2. The van der Waals surface area contributed by atoms with Crippen LogP contribution in [-0.4, -0.2) is 5.84 Å². The first kappa shape index (κ1) is 9.38. The molecule has 0 amide bonds. The monoisotopic (exact) mass is 182 g/mol. The molecule has 0 saturated carbocycles. The van der Waals surface area contributed by atoms with E-state index < -0.39 is 11.6 Å². The second kappa shape index (κ2) is 3.80. The number of benzene rings is 1. The second-order valence-electron chi connectivity index (χ2n) is 2.45. The first-order chi connectivity index (χ1) is 6.09. The lowest BCUT2D eigenvalue weighted by Crippen LogP contribution is -2.04. The van der Waals surface area contributed by atoms with Gasteiger partial charge >= 0.3 is 0 Å². The summed E-state index contributed by atoms with van der Waals surface area (Å²) in [7, 11) is 0. The van der Waals surface area contributed by atoms with E-state index in [0.29, 0.717) is 0 Å². The van der Waals surface area contributed by atoms with E-state index in [9.17, 15) is 8.78 Å². The molecule has 0 bridgehead atoms. The molecule has 0 aliphatic carbocycles. The quantitative estimate of drug-likeness (QED) is 0.532. The number of rotatable bonds is 2. The zero-order valence-electron chi connectivity index (χ0n) is 6.72. The highest BCUT2D eigenvalue weighted by Gasteiger charge is 1.99.